The van der Waals surface area contributed by atoms with Crippen molar-refractivity contribution in [2.45, 2.75) is 6.92 Å². The second-order valence-corrected chi connectivity index (χ2v) is 5.68. The number of nitrogens with one attached hydrogen (secondary N) is 2. The van der Waals surface area contributed by atoms with E-state index in [1.807, 2.05) is 0 Å². The maximum absolute atomic E-state index is 13.4. The summed E-state index contributed by atoms with van der Waals surface area (Å²) in [6, 6.07) is 7.64. The minimum absolute atomic E-state index is 0.353. The number of aryl methyl sites for hydroxylation is 1. The molecule has 3 aromatic rings. The van der Waals surface area contributed by atoms with Crippen LogP contribution in [0.2, 0.25) is 0 Å². The van der Waals surface area contributed by atoms with Gasteiger partial charge in [-0.05, 0) is 30.7 Å². The van der Waals surface area contributed by atoms with Crippen molar-refractivity contribution in [3.63, 3.8) is 0 Å². The number of amides is 1. The molecular formula is C19H19FN2O4. The van der Waals surface area contributed by atoms with Gasteiger partial charge in [0.1, 0.15) is 11.5 Å². The first-order valence-corrected chi connectivity index (χ1v) is 7.87. The lowest BCUT2D eigenvalue weighted by Gasteiger charge is -2.14. The molecule has 0 unspecified atom stereocenters. The molecule has 0 bridgehead atoms. The van der Waals surface area contributed by atoms with Gasteiger partial charge in [-0.15, -0.1) is 0 Å². The molecule has 0 atom stereocenters. The van der Waals surface area contributed by atoms with Crippen molar-refractivity contribution in [2.24, 2.45) is 0 Å². The summed E-state index contributed by atoms with van der Waals surface area (Å²) in [6.07, 6.45) is 0. The van der Waals surface area contributed by atoms with Crippen LogP contribution in [0.4, 0.5) is 10.1 Å². The summed E-state index contributed by atoms with van der Waals surface area (Å²) < 4.78 is 29.2. The Morgan fingerprint density at radius 2 is 1.69 bits per heavy atom. The van der Waals surface area contributed by atoms with Gasteiger partial charge in [-0.3, -0.25) is 4.79 Å². The number of benzene rings is 2. The molecule has 1 heterocycles. The predicted molar refractivity (Wildman–Crippen MR) is 97.0 cm³/mol. The number of hydrogen-bond donors (Lipinski definition) is 2. The van der Waals surface area contributed by atoms with Crippen molar-refractivity contribution >= 4 is 22.5 Å². The van der Waals surface area contributed by atoms with Crippen molar-refractivity contribution in [1.29, 1.82) is 0 Å². The largest absolute Gasteiger partial charge is 0.493 e. The fourth-order valence-corrected chi connectivity index (χ4v) is 2.88. The van der Waals surface area contributed by atoms with Crippen LogP contribution in [0.5, 0.6) is 17.2 Å². The first-order chi connectivity index (χ1) is 12.5. The van der Waals surface area contributed by atoms with E-state index < -0.39 is 0 Å². The predicted octanol–water partition coefficient (Wildman–Crippen LogP) is 3.89. The van der Waals surface area contributed by atoms with Crippen LogP contribution in [0.15, 0.2) is 30.3 Å². The zero-order valence-corrected chi connectivity index (χ0v) is 14.9. The highest BCUT2D eigenvalue weighted by Gasteiger charge is 2.18. The van der Waals surface area contributed by atoms with E-state index in [9.17, 15) is 9.18 Å². The standard InChI is InChI=1S/C19H19FN2O4/c1-10-13-6-5-11(20)7-14(13)22-17(10)19(23)21-12-8-15(24-2)18(26-4)16(9-12)25-3/h5-9,22H,1-4H3,(H,21,23). The molecule has 0 aliphatic carbocycles. The molecule has 0 saturated heterocycles. The minimum Gasteiger partial charge on any atom is -0.493 e. The Labute approximate surface area is 149 Å². The van der Waals surface area contributed by atoms with Gasteiger partial charge in [-0.1, -0.05) is 0 Å². The molecule has 0 fully saturated rings. The average molecular weight is 358 g/mol. The number of rotatable bonds is 5. The van der Waals surface area contributed by atoms with Gasteiger partial charge in [0.25, 0.3) is 5.91 Å². The van der Waals surface area contributed by atoms with Crippen molar-refractivity contribution < 1.29 is 23.4 Å². The molecule has 2 N–H and O–H groups in total. The van der Waals surface area contributed by atoms with E-state index in [4.69, 9.17) is 14.2 Å². The summed E-state index contributed by atoms with van der Waals surface area (Å²) in [5.74, 6) is 0.573. The summed E-state index contributed by atoms with van der Waals surface area (Å²) in [6.45, 7) is 1.81. The molecule has 26 heavy (non-hydrogen) atoms. The second-order valence-electron chi connectivity index (χ2n) is 5.68. The van der Waals surface area contributed by atoms with E-state index in [-0.39, 0.29) is 11.7 Å². The van der Waals surface area contributed by atoms with Gasteiger partial charge in [-0.2, -0.15) is 0 Å². The number of anilines is 1. The molecule has 136 valence electrons. The Morgan fingerprint density at radius 3 is 2.27 bits per heavy atom. The van der Waals surface area contributed by atoms with Gasteiger partial charge in [0, 0.05) is 28.7 Å². The van der Waals surface area contributed by atoms with Crippen molar-refractivity contribution in [2.75, 3.05) is 26.6 Å². The van der Waals surface area contributed by atoms with E-state index in [1.54, 1.807) is 25.1 Å². The zero-order valence-electron chi connectivity index (χ0n) is 14.9. The fraction of sp³-hybridized carbons (Fsp3) is 0.211. The van der Waals surface area contributed by atoms with Gasteiger partial charge >= 0.3 is 0 Å². The smallest absolute Gasteiger partial charge is 0.272 e. The number of fused-ring (bicyclic) bond motifs is 1. The van der Waals surface area contributed by atoms with Crippen LogP contribution in [0, 0.1) is 12.7 Å². The van der Waals surface area contributed by atoms with Crippen LogP contribution < -0.4 is 19.5 Å². The maximum Gasteiger partial charge on any atom is 0.272 e. The Kier molecular flexibility index (Phi) is 4.71. The van der Waals surface area contributed by atoms with Crippen molar-refractivity contribution in [3.8, 4) is 17.2 Å². The summed E-state index contributed by atoms with van der Waals surface area (Å²) >= 11 is 0. The Bertz CT molecular complexity index is 956. The van der Waals surface area contributed by atoms with Crippen molar-refractivity contribution in [1.82, 2.24) is 4.98 Å². The first kappa shape index (κ1) is 17.6. The molecule has 0 aliphatic rings. The van der Waals surface area contributed by atoms with Crippen LogP contribution >= 0.6 is 0 Å². The van der Waals surface area contributed by atoms with Gasteiger partial charge in [0.15, 0.2) is 11.5 Å². The third kappa shape index (κ3) is 3.03. The number of H-pyrrole nitrogens is 1. The molecular weight excluding hydrogens is 339 g/mol. The van der Waals surface area contributed by atoms with Gasteiger partial charge in [0.05, 0.1) is 21.3 Å². The number of methoxy groups -OCH3 is 3. The normalized spacial score (nSPS) is 10.7. The lowest BCUT2D eigenvalue weighted by atomic mass is 10.1. The molecule has 0 aliphatic heterocycles. The van der Waals surface area contributed by atoms with Gasteiger partial charge < -0.3 is 24.5 Å². The van der Waals surface area contributed by atoms with Crippen LogP contribution in [0.1, 0.15) is 16.1 Å². The summed E-state index contributed by atoms with van der Waals surface area (Å²) in [5, 5.41) is 3.59. The molecule has 3 rings (SSSR count). The molecule has 7 heteroatoms. The van der Waals surface area contributed by atoms with Crippen LogP contribution in [0.3, 0.4) is 0 Å². The topological polar surface area (TPSA) is 72.6 Å². The number of aromatic amines is 1. The highest BCUT2D eigenvalue weighted by Crippen LogP contribution is 2.40. The molecule has 1 amide bonds. The lowest BCUT2D eigenvalue weighted by Crippen LogP contribution is -2.14. The monoisotopic (exact) mass is 358 g/mol. The Balaban J connectivity index is 1.96. The number of hydrogen-bond acceptors (Lipinski definition) is 4. The number of ether oxygens (including phenoxy) is 3. The lowest BCUT2D eigenvalue weighted by molar-refractivity contribution is 0.102. The van der Waals surface area contributed by atoms with Crippen molar-refractivity contribution in [3.05, 3.63) is 47.4 Å². The van der Waals surface area contributed by atoms with Gasteiger partial charge in [0.2, 0.25) is 5.75 Å². The first-order valence-electron chi connectivity index (χ1n) is 7.87. The summed E-state index contributed by atoms with van der Waals surface area (Å²) in [4.78, 5) is 15.7. The quantitative estimate of drug-likeness (QED) is 0.726. The third-order valence-electron chi connectivity index (χ3n) is 4.17. The second kappa shape index (κ2) is 6.95. The van der Waals surface area contributed by atoms with E-state index in [0.29, 0.717) is 34.1 Å². The van der Waals surface area contributed by atoms with Crippen LogP contribution in [-0.2, 0) is 0 Å². The third-order valence-corrected chi connectivity index (χ3v) is 4.17. The molecule has 6 nitrogen and oxygen atoms in total. The molecule has 0 saturated carbocycles. The zero-order chi connectivity index (χ0) is 18.8. The van der Waals surface area contributed by atoms with Crippen LogP contribution in [-0.4, -0.2) is 32.2 Å². The Hall–Kier alpha value is -3.22. The van der Waals surface area contributed by atoms with E-state index in [0.717, 1.165) is 10.9 Å². The molecule has 0 radical (unpaired) electrons. The number of carbonyl (C=O) groups excluding carboxylic acids is 1. The molecule has 0 spiro atoms. The SMILES string of the molecule is COc1cc(NC(=O)c2[nH]c3cc(F)ccc3c2C)cc(OC)c1OC. The maximum atomic E-state index is 13.4. The highest BCUT2D eigenvalue weighted by atomic mass is 19.1. The molecule has 1 aromatic heterocycles. The van der Waals surface area contributed by atoms with Gasteiger partial charge in [-0.25, -0.2) is 4.39 Å². The number of aromatic nitrogens is 1. The Morgan fingerprint density at radius 1 is 1.04 bits per heavy atom. The number of carbonyl (C=O) groups is 1. The number of halogens is 1. The average Bonchev–Trinajstić information content (AvgIpc) is 2.96. The highest BCUT2D eigenvalue weighted by molar-refractivity contribution is 6.08. The van der Waals surface area contributed by atoms with E-state index in [1.165, 1.54) is 33.5 Å². The molecule has 2 aromatic carbocycles. The minimum atomic E-state index is -0.365. The summed E-state index contributed by atoms with van der Waals surface area (Å²) in [5.41, 5.74) is 2.15. The van der Waals surface area contributed by atoms with E-state index >= 15 is 0 Å². The summed E-state index contributed by atoms with van der Waals surface area (Å²) in [7, 11) is 4.50. The van der Waals surface area contributed by atoms with Crippen LogP contribution in [0.25, 0.3) is 10.9 Å². The fourth-order valence-electron chi connectivity index (χ4n) is 2.88. The van der Waals surface area contributed by atoms with E-state index in [2.05, 4.69) is 10.3 Å².